The van der Waals surface area contributed by atoms with Crippen molar-refractivity contribution in [2.45, 2.75) is 13.8 Å². The number of para-hydroxylation sites is 1. The normalized spacial score (nSPS) is 14.8. The van der Waals surface area contributed by atoms with Gasteiger partial charge >= 0.3 is 0 Å². The monoisotopic (exact) mass is 329 g/mol. The first-order chi connectivity index (χ1) is 11.7. The van der Waals surface area contributed by atoms with E-state index in [2.05, 4.69) is 33.5 Å². The predicted octanol–water partition coefficient (Wildman–Crippen LogP) is 2.79. The van der Waals surface area contributed by atoms with Crippen molar-refractivity contribution in [1.82, 2.24) is 9.97 Å². The van der Waals surface area contributed by atoms with Gasteiger partial charge in [0.1, 0.15) is 11.6 Å². The molecule has 0 atom stereocenters. The van der Waals surface area contributed by atoms with E-state index < -0.39 is 0 Å². The van der Waals surface area contributed by atoms with Gasteiger partial charge < -0.3 is 14.7 Å². The van der Waals surface area contributed by atoms with E-state index >= 15 is 0 Å². The van der Waals surface area contributed by atoms with Gasteiger partial charge in [0.05, 0.1) is 5.69 Å². The molecule has 1 fully saturated rings. The summed E-state index contributed by atoms with van der Waals surface area (Å²) in [6, 6.07) is 8.92. The van der Waals surface area contributed by atoms with E-state index in [9.17, 15) is 4.39 Å². The summed E-state index contributed by atoms with van der Waals surface area (Å²) in [5.74, 6) is 1.56. The Morgan fingerprint density at radius 3 is 2.33 bits per heavy atom. The SMILES string of the molecule is CCN(CC)c1nccc(N2CCN(c3ccccc3F)CC2)n1. The highest BCUT2D eigenvalue weighted by atomic mass is 19.1. The fraction of sp³-hybridized carbons (Fsp3) is 0.444. The first-order valence-corrected chi connectivity index (χ1v) is 8.55. The molecule has 0 bridgehead atoms. The Hall–Kier alpha value is -2.37. The lowest BCUT2D eigenvalue weighted by molar-refractivity contribution is 0.596. The van der Waals surface area contributed by atoms with Crippen molar-refractivity contribution in [3.63, 3.8) is 0 Å². The molecule has 1 saturated heterocycles. The third kappa shape index (κ3) is 3.42. The largest absolute Gasteiger partial charge is 0.366 e. The van der Waals surface area contributed by atoms with Gasteiger partial charge in [-0.25, -0.2) is 9.37 Å². The summed E-state index contributed by atoms with van der Waals surface area (Å²) in [5, 5.41) is 0. The summed E-state index contributed by atoms with van der Waals surface area (Å²) in [7, 11) is 0. The number of hydrogen-bond donors (Lipinski definition) is 0. The molecule has 3 rings (SSSR count). The molecule has 1 aliphatic heterocycles. The van der Waals surface area contributed by atoms with Crippen LogP contribution in [0.3, 0.4) is 0 Å². The molecule has 2 heterocycles. The van der Waals surface area contributed by atoms with Gasteiger partial charge in [-0.05, 0) is 32.0 Å². The van der Waals surface area contributed by atoms with E-state index in [1.807, 2.05) is 24.4 Å². The molecule has 0 radical (unpaired) electrons. The Morgan fingerprint density at radius 1 is 1.00 bits per heavy atom. The molecule has 0 amide bonds. The lowest BCUT2D eigenvalue weighted by Crippen LogP contribution is -2.47. The fourth-order valence-electron chi connectivity index (χ4n) is 3.06. The fourth-order valence-corrected chi connectivity index (χ4v) is 3.06. The maximum Gasteiger partial charge on any atom is 0.227 e. The molecule has 0 aliphatic carbocycles. The number of piperazine rings is 1. The maximum atomic E-state index is 13.9. The number of nitrogens with zero attached hydrogens (tertiary/aromatic N) is 5. The molecule has 6 heteroatoms. The standard InChI is InChI=1S/C18H24FN5/c1-3-22(4-2)18-20-10-9-17(21-18)24-13-11-23(12-14-24)16-8-6-5-7-15(16)19/h5-10H,3-4,11-14H2,1-2H3. The molecule has 128 valence electrons. The Morgan fingerprint density at radius 2 is 1.67 bits per heavy atom. The van der Waals surface area contributed by atoms with Gasteiger partial charge in [0, 0.05) is 45.5 Å². The predicted molar refractivity (Wildman–Crippen MR) is 96.4 cm³/mol. The Labute approximate surface area is 142 Å². The van der Waals surface area contributed by atoms with Crippen LogP contribution < -0.4 is 14.7 Å². The zero-order valence-corrected chi connectivity index (χ0v) is 14.3. The highest BCUT2D eigenvalue weighted by molar-refractivity contribution is 5.51. The molecule has 1 aromatic carbocycles. The van der Waals surface area contributed by atoms with E-state index in [-0.39, 0.29) is 5.82 Å². The molecule has 2 aromatic rings. The van der Waals surface area contributed by atoms with Crippen molar-refractivity contribution in [2.24, 2.45) is 0 Å². The lowest BCUT2D eigenvalue weighted by atomic mass is 10.2. The van der Waals surface area contributed by atoms with Crippen molar-refractivity contribution in [3.8, 4) is 0 Å². The zero-order valence-electron chi connectivity index (χ0n) is 14.3. The van der Waals surface area contributed by atoms with Crippen molar-refractivity contribution in [3.05, 3.63) is 42.3 Å². The topological polar surface area (TPSA) is 35.5 Å². The van der Waals surface area contributed by atoms with Crippen LogP contribution >= 0.6 is 0 Å². The number of halogens is 1. The second kappa shape index (κ2) is 7.47. The van der Waals surface area contributed by atoms with Crippen LogP contribution in [0.1, 0.15) is 13.8 Å². The minimum absolute atomic E-state index is 0.156. The summed E-state index contributed by atoms with van der Waals surface area (Å²) in [6.45, 7) is 9.20. The van der Waals surface area contributed by atoms with Crippen LogP contribution in [0.4, 0.5) is 21.8 Å². The Bertz CT molecular complexity index is 666. The van der Waals surface area contributed by atoms with E-state index in [0.29, 0.717) is 5.69 Å². The van der Waals surface area contributed by atoms with Crippen molar-refractivity contribution in [1.29, 1.82) is 0 Å². The van der Waals surface area contributed by atoms with Gasteiger partial charge in [-0.3, -0.25) is 0 Å². The van der Waals surface area contributed by atoms with E-state index in [1.165, 1.54) is 6.07 Å². The summed E-state index contributed by atoms with van der Waals surface area (Å²) in [4.78, 5) is 15.6. The Balaban J connectivity index is 1.69. The molecular formula is C18H24FN5. The van der Waals surface area contributed by atoms with Crippen molar-refractivity contribution >= 4 is 17.5 Å². The first-order valence-electron chi connectivity index (χ1n) is 8.55. The maximum absolute atomic E-state index is 13.9. The zero-order chi connectivity index (χ0) is 16.9. The average molecular weight is 329 g/mol. The van der Waals surface area contributed by atoms with Crippen LogP contribution in [0.15, 0.2) is 36.5 Å². The highest BCUT2D eigenvalue weighted by Gasteiger charge is 2.20. The number of hydrogen-bond acceptors (Lipinski definition) is 5. The van der Waals surface area contributed by atoms with Crippen LogP contribution in [0.5, 0.6) is 0 Å². The summed E-state index contributed by atoms with van der Waals surface area (Å²) in [5.41, 5.74) is 0.684. The summed E-state index contributed by atoms with van der Waals surface area (Å²) >= 11 is 0. The smallest absolute Gasteiger partial charge is 0.227 e. The number of rotatable bonds is 5. The van der Waals surface area contributed by atoms with Crippen LogP contribution in [-0.2, 0) is 0 Å². The van der Waals surface area contributed by atoms with Crippen molar-refractivity contribution in [2.75, 3.05) is 54.0 Å². The minimum Gasteiger partial charge on any atom is -0.366 e. The second-order valence-corrected chi connectivity index (χ2v) is 5.81. The van der Waals surface area contributed by atoms with E-state index in [0.717, 1.165) is 51.0 Å². The van der Waals surface area contributed by atoms with Gasteiger partial charge in [0.2, 0.25) is 5.95 Å². The quantitative estimate of drug-likeness (QED) is 0.843. The van der Waals surface area contributed by atoms with Crippen LogP contribution in [0.2, 0.25) is 0 Å². The molecular weight excluding hydrogens is 305 g/mol. The molecule has 1 aromatic heterocycles. The Kier molecular flexibility index (Phi) is 5.13. The number of anilines is 3. The first kappa shape index (κ1) is 16.5. The molecule has 0 spiro atoms. The average Bonchev–Trinajstić information content (AvgIpc) is 2.64. The molecule has 0 unspecified atom stereocenters. The summed E-state index contributed by atoms with van der Waals surface area (Å²) < 4.78 is 13.9. The lowest BCUT2D eigenvalue weighted by Gasteiger charge is -2.37. The third-order valence-electron chi connectivity index (χ3n) is 4.47. The van der Waals surface area contributed by atoms with Gasteiger partial charge in [0.15, 0.2) is 0 Å². The third-order valence-corrected chi connectivity index (χ3v) is 4.47. The van der Waals surface area contributed by atoms with Gasteiger partial charge in [-0.15, -0.1) is 0 Å². The summed E-state index contributed by atoms with van der Waals surface area (Å²) in [6.07, 6.45) is 1.82. The highest BCUT2D eigenvalue weighted by Crippen LogP contribution is 2.22. The minimum atomic E-state index is -0.156. The second-order valence-electron chi connectivity index (χ2n) is 5.81. The van der Waals surface area contributed by atoms with Crippen LogP contribution in [0, 0.1) is 5.82 Å². The molecule has 5 nitrogen and oxygen atoms in total. The van der Waals surface area contributed by atoms with Gasteiger partial charge in [-0.1, -0.05) is 12.1 Å². The van der Waals surface area contributed by atoms with Crippen LogP contribution in [0.25, 0.3) is 0 Å². The number of benzene rings is 1. The van der Waals surface area contributed by atoms with E-state index in [4.69, 9.17) is 4.98 Å². The molecule has 1 aliphatic rings. The van der Waals surface area contributed by atoms with E-state index in [1.54, 1.807) is 6.07 Å². The molecule has 0 saturated carbocycles. The van der Waals surface area contributed by atoms with Gasteiger partial charge in [0.25, 0.3) is 0 Å². The van der Waals surface area contributed by atoms with Crippen LogP contribution in [-0.4, -0.2) is 49.2 Å². The molecule has 24 heavy (non-hydrogen) atoms. The molecule has 0 N–H and O–H groups in total. The van der Waals surface area contributed by atoms with Gasteiger partial charge in [-0.2, -0.15) is 4.98 Å². The number of aromatic nitrogens is 2. The van der Waals surface area contributed by atoms with Crippen molar-refractivity contribution < 1.29 is 4.39 Å².